The standard InChI is InChI=1S/C31H29N3O6/c1-2-38-28(35)25-24-19-34(30(37)39-20-22-14-8-4-9-15-22)31(27(24)40-32-25)26(23-16-10-5-11-17-23)33(29(31)36)18-21-12-6-3-7-13-21/h3-17,24,26-27H,2,18-20H2,1H3/t24-,26-,27+,31-/m1/s1. The first-order chi connectivity index (χ1) is 19.6. The summed E-state index contributed by atoms with van der Waals surface area (Å²) in [4.78, 5) is 49.9. The third kappa shape index (κ3) is 4.09. The molecule has 9 heteroatoms. The topological polar surface area (TPSA) is 97.7 Å². The van der Waals surface area contributed by atoms with E-state index in [9.17, 15) is 14.4 Å². The van der Waals surface area contributed by atoms with Gasteiger partial charge in [0.2, 0.25) is 0 Å². The summed E-state index contributed by atoms with van der Waals surface area (Å²) < 4.78 is 11.0. The molecule has 0 bridgehead atoms. The second kappa shape index (κ2) is 10.5. The van der Waals surface area contributed by atoms with Crippen LogP contribution in [-0.2, 0) is 37.1 Å². The number of amides is 2. The predicted octanol–water partition coefficient (Wildman–Crippen LogP) is 4.10. The molecule has 0 unspecified atom stereocenters. The van der Waals surface area contributed by atoms with Crippen molar-refractivity contribution in [3.05, 3.63) is 108 Å². The van der Waals surface area contributed by atoms with Crippen LogP contribution in [0.1, 0.15) is 29.7 Å². The average molecular weight is 540 g/mol. The third-order valence-electron chi connectivity index (χ3n) is 7.79. The van der Waals surface area contributed by atoms with Crippen LogP contribution in [0, 0.1) is 5.92 Å². The van der Waals surface area contributed by atoms with Crippen LogP contribution in [0.25, 0.3) is 0 Å². The number of rotatable bonds is 7. The maximum absolute atomic E-state index is 14.3. The zero-order valence-corrected chi connectivity index (χ0v) is 22.0. The number of hydrogen-bond donors (Lipinski definition) is 0. The number of likely N-dealkylation sites (tertiary alicyclic amines) is 2. The molecule has 204 valence electrons. The van der Waals surface area contributed by atoms with Crippen LogP contribution in [0.4, 0.5) is 4.79 Å². The number of ether oxygens (including phenoxy) is 2. The lowest BCUT2D eigenvalue weighted by Crippen LogP contribution is -2.77. The maximum atomic E-state index is 14.3. The summed E-state index contributed by atoms with van der Waals surface area (Å²) >= 11 is 0. The van der Waals surface area contributed by atoms with E-state index in [4.69, 9.17) is 14.3 Å². The molecule has 9 nitrogen and oxygen atoms in total. The second-order valence-electron chi connectivity index (χ2n) is 10.0. The van der Waals surface area contributed by atoms with E-state index < -0.39 is 35.7 Å². The highest BCUT2D eigenvalue weighted by atomic mass is 16.7. The van der Waals surface area contributed by atoms with Crippen molar-refractivity contribution in [2.45, 2.75) is 37.8 Å². The summed E-state index contributed by atoms with van der Waals surface area (Å²) in [5.41, 5.74) is 1.24. The normalized spacial score (nSPS) is 24.7. The molecule has 3 aliphatic heterocycles. The Kier molecular flexibility index (Phi) is 6.71. The van der Waals surface area contributed by atoms with Crippen LogP contribution >= 0.6 is 0 Å². The molecule has 0 N–H and O–H groups in total. The lowest BCUT2D eigenvalue weighted by atomic mass is 9.69. The van der Waals surface area contributed by atoms with E-state index in [1.165, 1.54) is 4.90 Å². The molecule has 0 saturated carbocycles. The molecule has 40 heavy (non-hydrogen) atoms. The number of β-lactam (4-membered cyclic amide) rings is 1. The van der Waals surface area contributed by atoms with E-state index in [1.54, 1.807) is 11.8 Å². The van der Waals surface area contributed by atoms with E-state index in [-0.39, 0.29) is 31.4 Å². The Morgan fingerprint density at radius 3 is 2.20 bits per heavy atom. The van der Waals surface area contributed by atoms with Crippen molar-refractivity contribution in [3.8, 4) is 0 Å². The number of carbonyl (C=O) groups is 3. The number of esters is 1. The Morgan fingerprint density at radius 2 is 1.55 bits per heavy atom. The monoisotopic (exact) mass is 539 g/mol. The van der Waals surface area contributed by atoms with E-state index >= 15 is 0 Å². The van der Waals surface area contributed by atoms with Crippen LogP contribution in [-0.4, -0.2) is 58.3 Å². The Balaban J connectivity index is 1.39. The third-order valence-corrected chi connectivity index (χ3v) is 7.79. The van der Waals surface area contributed by atoms with Crippen LogP contribution < -0.4 is 0 Å². The zero-order valence-electron chi connectivity index (χ0n) is 22.0. The minimum atomic E-state index is -1.45. The summed E-state index contributed by atoms with van der Waals surface area (Å²) in [5, 5.41) is 4.07. The van der Waals surface area contributed by atoms with Crippen LogP contribution in [0.3, 0.4) is 0 Å². The second-order valence-corrected chi connectivity index (χ2v) is 10.0. The zero-order chi connectivity index (χ0) is 27.7. The molecule has 2 amide bonds. The molecule has 2 saturated heterocycles. The van der Waals surface area contributed by atoms with Gasteiger partial charge >= 0.3 is 12.1 Å². The van der Waals surface area contributed by atoms with Gasteiger partial charge in [-0.15, -0.1) is 0 Å². The number of hydrogen-bond acceptors (Lipinski definition) is 7. The first-order valence-electron chi connectivity index (χ1n) is 13.3. The molecule has 3 aromatic carbocycles. The lowest BCUT2D eigenvalue weighted by Gasteiger charge is -2.58. The lowest BCUT2D eigenvalue weighted by molar-refractivity contribution is -0.189. The molecule has 3 aromatic rings. The quantitative estimate of drug-likeness (QED) is 0.331. The van der Waals surface area contributed by atoms with Crippen molar-refractivity contribution in [1.82, 2.24) is 9.80 Å². The van der Waals surface area contributed by atoms with Crippen molar-refractivity contribution in [2.24, 2.45) is 11.1 Å². The van der Waals surface area contributed by atoms with Crippen molar-refractivity contribution in [2.75, 3.05) is 13.2 Å². The number of fused-ring (bicyclic) bond motifs is 2. The summed E-state index contributed by atoms with van der Waals surface area (Å²) in [7, 11) is 0. The first-order valence-corrected chi connectivity index (χ1v) is 13.3. The highest BCUT2D eigenvalue weighted by Gasteiger charge is 2.77. The Hall–Kier alpha value is -4.66. The summed E-state index contributed by atoms with van der Waals surface area (Å²) in [6.07, 6.45) is -1.53. The van der Waals surface area contributed by atoms with Crippen molar-refractivity contribution in [3.63, 3.8) is 0 Å². The summed E-state index contributed by atoms with van der Waals surface area (Å²) in [5.74, 6) is -1.54. The molecule has 4 atom stereocenters. The minimum absolute atomic E-state index is 0.0319. The van der Waals surface area contributed by atoms with E-state index in [2.05, 4.69) is 5.16 Å². The van der Waals surface area contributed by atoms with Gasteiger partial charge in [-0.05, 0) is 23.6 Å². The van der Waals surface area contributed by atoms with E-state index in [1.807, 2.05) is 91.0 Å². The maximum Gasteiger partial charge on any atom is 0.411 e. The van der Waals surface area contributed by atoms with Gasteiger partial charge in [-0.1, -0.05) is 96.2 Å². The molecule has 0 aromatic heterocycles. The molecule has 1 spiro atoms. The van der Waals surface area contributed by atoms with Crippen molar-refractivity contribution in [1.29, 1.82) is 0 Å². The molecule has 3 aliphatic rings. The average Bonchev–Trinajstić information content (AvgIpc) is 3.56. The van der Waals surface area contributed by atoms with Gasteiger partial charge in [0.1, 0.15) is 6.61 Å². The fourth-order valence-electron chi connectivity index (χ4n) is 6.07. The first kappa shape index (κ1) is 25.6. The van der Waals surface area contributed by atoms with Gasteiger partial charge in [0.05, 0.1) is 18.6 Å². The van der Waals surface area contributed by atoms with Crippen molar-refractivity contribution < 1.29 is 28.7 Å². The van der Waals surface area contributed by atoms with Crippen LogP contribution in [0.2, 0.25) is 0 Å². The van der Waals surface area contributed by atoms with Gasteiger partial charge in [-0.25, -0.2) is 9.59 Å². The fraction of sp³-hybridized carbons (Fsp3) is 0.290. The highest BCUT2D eigenvalue weighted by Crippen LogP contribution is 2.57. The van der Waals surface area contributed by atoms with Gasteiger partial charge < -0.3 is 19.2 Å². The molecular formula is C31H29N3O6. The number of nitrogens with zero attached hydrogens (tertiary/aromatic N) is 3. The van der Waals surface area contributed by atoms with Crippen molar-refractivity contribution >= 4 is 23.7 Å². The van der Waals surface area contributed by atoms with Crippen LogP contribution in [0.5, 0.6) is 0 Å². The fourth-order valence-corrected chi connectivity index (χ4v) is 6.07. The minimum Gasteiger partial charge on any atom is -0.461 e. The molecule has 6 rings (SSSR count). The highest BCUT2D eigenvalue weighted by molar-refractivity contribution is 6.38. The Morgan fingerprint density at radius 1 is 0.925 bits per heavy atom. The van der Waals surface area contributed by atoms with E-state index in [0.717, 1.165) is 16.7 Å². The predicted molar refractivity (Wildman–Crippen MR) is 145 cm³/mol. The number of carbonyl (C=O) groups excluding carboxylic acids is 3. The smallest absolute Gasteiger partial charge is 0.411 e. The Bertz CT molecular complexity index is 1430. The van der Waals surface area contributed by atoms with Gasteiger partial charge in [0.25, 0.3) is 5.91 Å². The SMILES string of the molecule is CCOC(=O)C1=NO[C@H]2[C@@H]1CN(C(=O)OCc1ccccc1)[C@@]21C(=O)N(Cc2ccccc2)[C@@H]1c1ccccc1. The van der Waals surface area contributed by atoms with Crippen LogP contribution in [0.15, 0.2) is 96.2 Å². The number of oxime groups is 1. The molecule has 0 aliphatic carbocycles. The molecule has 2 fully saturated rings. The Labute approximate surface area is 231 Å². The van der Waals surface area contributed by atoms with Gasteiger partial charge in [0.15, 0.2) is 17.4 Å². The molecular weight excluding hydrogens is 510 g/mol. The molecule has 0 radical (unpaired) electrons. The van der Waals surface area contributed by atoms with Gasteiger partial charge in [-0.2, -0.15) is 0 Å². The van der Waals surface area contributed by atoms with Gasteiger partial charge in [0, 0.05) is 13.1 Å². The summed E-state index contributed by atoms with van der Waals surface area (Å²) in [6.45, 7) is 2.29. The van der Waals surface area contributed by atoms with Gasteiger partial charge in [-0.3, -0.25) is 9.69 Å². The molecule has 3 heterocycles. The summed E-state index contributed by atoms with van der Waals surface area (Å²) in [6, 6.07) is 28.0. The van der Waals surface area contributed by atoms with E-state index in [0.29, 0.717) is 6.54 Å². The number of benzene rings is 3. The largest absolute Gasteiger partial charge is 0.461 e.